The van der Waals surface area contributed by atoms with Gasteiger partial charge >= 0.3 is 0 Å². The molecule has 5 aromatic heterocycles. The number of piperidine rings is 1. The van der Waals surface area contributed by atoms with Gasteiger partial charge in [-0.05, 0) is 56.4 Å². The van der Waals surface area contributed by atoms with Gasteiger partial charge in [0.15, 0.2) is 5.65 Å². The van der Waals surface area contributed by atoms with Crippen LogP contribution in [0.25, 0.3) is 44.6 Å². The smallest absolute Gasteiger partial charge is 0.227 e. The molecule has 0 aromatic carbocycles. The molecule has 1 amide bonds. The second-order valence-electron chi connectivity index (χ2n) is 10.8. The molecule has 1 aliphatic heterocycles. The summed E-state index contributed by atoms with van der Waals surface area (Å²) in [5.41, 5.74) is 7.01. The first-order valence-corrected chi connectivity index (χ1v) is 14.1. The monoisotopic (exact) mass is 520 g/mol. The number of rotatable bonds is 5. The quantitative estimate of drug-likeness (QED) is 0.259. The molecular formula is C30H32N8O. The Morgan fingerprint density at radius 2 is 1.69 bits per heavy atom. The van der Waals surface area contributed by atoms with Crippen molar-refractivity contribution in [3.63, 3.8) is 0 Å². The maximum absolute atomic E-state index is 12.8. The Labute approximate surface area is 226 Å². The molecule has 3 N–H and O–H groups in total. The molecule has 1 saturated carbocycles. The summed E-state index contributed by atoms with van der Waals surface area (Å²) in [4.78, 5) is 32.4. The zero-order valence-electron chi connectivity index (χ0n) is 21.9. The third kappa shape index (κ3) is 4.62. The molecule has 0 bridgehead atoms. The summed E-state index contributed by atoms with van der Waals surface area (Å²) < 4.78 is 0. The van der Waals surface area contributed by atoms with E-state index in [-0.39, 0.29) is 11.8 Å². The summed E-state index contributed by atoms with van der Waals surface area (Å²) in [6.07, 6.45) is 16.3. The van der Waals surface area contributed by atoms with Crippen LogP contribution in [0.15, 0.2) is 49.1 Å². The number of aromatic amines is 2. The van der Waals surface area contributed by atoms with Gasteiger partial charge in [0, 0.05) is 65.2 Å². The largest absolute Gasteiger partial charge is 0.371 e. The summed E-state index contributed by atoms with van der Waals surface area (Å²) in [5.74, 6) is 0.186. The summed E-state index contributed by atoms with van der Waals surface area (Å²) in [5, 5.41) is 12.8. The Kier molecular flexibility index (Phi) is 6.19. The van der Waals surface area contributed by atoms with Gasteiger partial charge in [0.1, 0.15) is 11.3 Å². The average Bonchev–Trinajstić information content (AvgIpc) is 3.62. The molecule has 39 heavy (non-hydrogen) atoms. The van der Waals surface area contributed by atoms with Crippen molar-refractivity contribution in [1.29, 1.82) is 0 Å². The van der Waals surface area contributed by atoms with E-state index in [4.69, 9.17) is 0 Å². The number of nitrogens with one attached hydrogen (secondary N) is 3. The molecule has 9 heteroatoms. The number of anilines is 2. The van der Waals surface area contributed by atoms with Gasteiger partial charge in [-0.3, -0.25) is 14.9 Å². The molecule has 0 spiro atoms. The van der Waals surface area contributed by atoms with E-state index in [9.17, 15) is 4.79 Å². The Morgan fingerprint density at radius 3 is 2.56 bits per heavy atom. The Balaban J connectivity index is 1.20. The normalized spacial score (nSPS) is 16.7. The van der Waals surface area contributed by atoms with Crippen molar-refractivity contribution in [3.8, 4) is 22.5 Å². The zero-order chi connectivity index (χ0) is 26.2. The first kappa shape index (κ1) is 23.8. The van der Waals surface area contributed by atoms with E-state index in [1.54, 1.807) is 12.4 Å². The second-order valence-corrected chi connectivity index (χ2v) is 10.8. The number of H-pyrrole nitrogens is 2. The summed E-state index contributed by atoms with van der Waals surface area (Å²) >= 11 is 0. The third-order valence-electron chi connectivity index (χ3n) is 8.19. The lowest BCUT2D eigenvalue weighted by Gasteiger charge is -2.29. The molecule has 9 nitrogen and oxygen atoms in total. The fraction of sp³-hybridized carbons (Fsp3) is 0.367. The number of carbonyl (C=O) groups excluding carboxylic acids is 1. The van der Waals surface area contributed by atoms with Crippen LogP contribution in [-0.4, -0.2) is 49.1 Å². The average molecular weight is 521 g/mol. The van der Waals surface area contributed by atoms with Gasteiger partial charge < -0.3 is 15.2 Å². The van der Waals surface area contributed by atoms with E-state index in [0.717, 1.165) is 77.7 Å². The number of amides is 1. The van der Waals surface area contributed by atoms with Crippen LogP contribution < -0.4 is 10.2 Å². The topological polar surface area (TPSA) is 115 Å². The molecule has 7 rings (SSSR count). The predicted molar refractivity (Wildman–Crippen MR) is 153 cm³/mol. The summed E-state index contributed by atoms with van der Waals surface area (Å²) in [6, 6.07) is 8.31. The standard InChI is InChI=1S/C30H32N8O/c39-30(19-7-3-1-4-8-19)34-22-13-20(16-31-18-22)21-14-24-27(36-37-29(24)33-17-21)25-15-23-26(9-10-32-28(23)35-25)38-11-5-2-6-12-38/h9-10,13-19H,1-8,11-12H2,(H,32,35)(H,34,39)(H,33,36,37). The lowest BCUT2D eigenvalue weighted by Crippen LogP contribution is -2.29. The Hall–Kier alpha value is -4.27. The number of fused-ring (bicyclic) bond motifs is 2. The van der Waals surface area contributed by atoms with Crippen LogP contribution in [0, 0.1) is 5.92 Å². The van der Waals surface area contributed by atoms with Crippen LogP contribution in [0.5, 0.6) is 0 Å². The van der Waals surface area contributed by atoms with Crippen LogP contribution >= 0.6 is 0 Å². The summed E-state index contributed by atoms with van der Waals surface area (Å²) in [6.45, 7) is 2.15. The first-order chi connectivity index (χ1) is 19.2. The van der Waals surface area contributed by atoms with Crippen molar-refractivity contribution in [3.05, 3.63) is 49.1 Å². The van der Waals surface area contributed by atoms with Gasteiger partial charge in [0.05, 0.1) is 17.6 Å². The highest BCUT2D eigenvalue weighted by Gasteiger charge is 2.22. The molecule has 0 unspecified atom stereocenters. The highest BCUT2D eigenvalue weighted by Crippen LogP contribution is 2.34. The van der Waals surface area contributed by atoms with Crippen LogP contribution in [0.4, 0.5) is 11.4 Å². The minimum Gasteiger partial charge on any atom is -0.371 e. The van der Waals surface area contributed by atoms with Gasteiger partial charge in [-0.2, -0.15) is 5.10 Å². The molecule has 198 valence electrons. The summed E-state index contributed by atoms with van der Waals surface area (Å²) in [7, 11) is 0. The van der Waals surface area contributed by atoms with Crippen molar-refractivity contribution < 1.29 is 4.79 Å². The van der Waals surface area contributed by atoms with Crippen LogP contribution in [-0.2, 0) is 4.79 Å². The van der Waals surface area contributed by atoms with Crippen molar-refractivity contribution in [1.82, 2.24) is 30.1 Å². The van der Waals surface area contributed by atoms with Gasteiger partial charge in [0.25, 0.3) is 0 Å². The number of carbonyl (C=O) groups is 1. The zero-order valence-corrected chi connectivity index (χ0v) is 21.9. The number of aromatic nitrogens is 6. The molecule has 2 fully saturated rings. The highest BCUT2D eigenvalue weighted by molar-refractivity contribution is 5.99. The van der Waals surface area contributed by atoms with Gasteiger partial charge in [0.2, 0.25) is 5.91 Å². The van der Waals surface area contributed by atoms with Crippen LogP contribution in [0.3, 0.4) is 0 Å². The molecule has 1 saturated heterocycles. The minimum absolute atomic E-state index is 0.0927. The predicted octanol–water partition coefficient (Wildman–Crippen LogP) is 6.07. The van der Waals surface area contributed by atoms with Crippen molar-refractivity contribution in [2.24, 2.45) is 5.92 Å². The molecule has 1 aliphatic carbocycles. The number of hydrogen-bond acceptors (Lipinski definition) is 6. The third-order valence-corrected chi connectivity index (χ3v) is 8.19. The van der Waals surface area contributed by atoms with Gasteiger partial charge in [-0.1, -0.05) is 19.3 Å². The number of nitrogens with zero attached hydrogens (tertiary/aromatic N) is 5. The SMILES string of the molecule is O=C(Nc1cncc(-c2cnc3[nH]nc(-c4cc5c(N6CCCCC6)ccnc5[nH]4)c3c2)c1)C1CCCCC1. The molecular weight excluding hydrogens is 488 g/mol. The lowest BCUT2D eigenvalue weighted by atomic mass is 9.88. The molecule has 0 atom stereocenters. The number of pyridine rings is 3. The molecule has 2 aliphatic rings. The van der Waals surface area contributed by atoms with Gasteiger partial charge in [-0.25, -0.2) is 9.97 Å². The fourth-order valence-corrected chi connectivity index (χ4v) is 6.09. The van der Waals surface area contributed by atoms with E-state index in [1.807, 2.05) is 18.5 Å². The van der Waals surface area contributed by atoms with Crippen molar-refractivity contribution in [2.45, 2.75) is 51.4 Å². The maximum Gasteiger partial charge on any atom is 0.227 e. The van der Waals surface area contributed by atoms with E-state index in [0.29, 0.717) is 11.3 Å². The number of hydrogen-bond donors (Lipinski definition) is 3. The molecule has 6 heterocycles. The van der Waals surface area contributed by atoms with Crippen LogP contribution in [0.2, 0.25) is 0 Å². The van der Waals surface area contributed by atoms with Crippen LogP contribution in [0.1, 0.15) is 51.4 Å². The fourth-order valence-electron chi connectivity index (χ4n) is 6.09. The minimum atomic E-state index is 0.0927. The first-order valence-electron chi connectivity index (χ1n) is 14.1. The van der Waals surface area contributed by atoms with E-state index in [2.05, 4.69) is 58.5 Å². The lowest BCUT2D eigenvalue weighted by molar-refractivity contribution is -0.120. The highest BCUT2D eigenvalue weighted by atomic mass is 16.1. The van der Waals surface area contributed by atoms with E-state index in [1.165, 1.54) is 31.4 Å². The second kappa shape index (κ2) is 10.1. The molecule has 0 radical (unpaired) electrons. The van der Waals surface area contributed by atoms with E-state index >= 15 is 0 Å². The van der Waals surface area contributed by atoms with Crippen molar-refractivity contribution >= 4 is 39.3 Å². The van der Waals surface area contributed by atoms with Crippen molar-refractivity contribution in [2.75, 3.05) is 23.3 Å². The maximum atomic E-state index is 12.8. The Bertz CT molecular complexity index is 1640. The van der Waals surface area contributed by atoms with E-state index < -0.39 is 0 Å². The Morgan fingerprint density at radius 1 is 0.872 bits per heavy atom. The molecule has 5 aromatic rings. The van der Waals surface area contributed by atoms with Gasteiger partial charge in [-0.15, -0.1) is 0 Å².